The van der Waals surface area contributed by atoms with E-state index in [0.717, 1.165) is 45.1 Å². The molecule has 3 rings (SSSR count). The second kappa shape index (κ2) is 13.0. The van der Waals surface area contributed by atoms with Gasteiger partial charge < -0.3 is 25.6 Å². The normalized spacial score (nSPS) is 14.0. The van der Waals surface area contributed by atoms with E-state index in [0.29, 0.717) is 12.3 Å². The third-order valence-electron chi connectivity index (χ3n) is 5.00. The van der Waals surface area contributed by atoms with E-state index >= 15 is 0 Å². The Morgan fingerprint density at radius 2 is 1.74 bits per heavy atom. The molecule has 0 bridgehead atoms. The van der Waals surface area contributed by atoms with Crippen molar-refractivity contribution in [2.75, 3.05) is 50.8 Å². The summed E-state index contributed by atoms with van der Waals surface area (Å²) in [6.07, 6.45) is 0.842. The zero-order valence-corrected chi connectivity index (χ0v) is 20.3. The van der Waals surface area contributed by atoms with Crippen LogP contribution >= 0.6 is 24.0 Å². The first-order chi connectivity index (χ1) is 14.7. The summed E-state index contributed by atoms with van der Waals surface area (Å²) in [5.41, 5.74) is 7.55. The molecule has 1 fully saturated rings. The second-order valence-corrected chi connectivity index (χ2v) is 7.19. The Labute approximate surface area is 201 Å². The Kier molecular flexibility index (Phi) is 10.4. The summed E-state index contributed by atoms with van der Waals surface area (Å²) in [5.74, 6) is 1.14. The number of anilines is 1. The van der Waals surface area contributed by atoms with Crippen LogP contribution in [0.3, 0.4) is 0 Å². The number of carbonyl (C=O) groups excluding carboxylic acids is 1. The average molecular weight is 537 g/mol. The predicted octanol–water partition coefficient (Wildman–Crippen LogP) is 2.50. The van der Waals surface area contributed by atoms with Gasteiger partial charge in [0.1, 0.15) is 5.75 Å². The van der Waals surface area contributed by atoms with Crippen molar-refractivity contribution < 1.29 is 9.53 Å². The molecule has 8 heteroatoms. The van der Waals surface area contributed by atoms with Crippen LogP contribution in [0.2, 0.25) is 0 Å². The standard InChI is InChI=1S/C23H31N5O2.HI/c1-2-25-23(28-16-14-27(15-17-28)20-6-4-3-5-7-20)26-13-12-19-8-10-21(11-9-19)30-18-22(24)29;/h3-11H,2,12-18H2,1H3,(H2,24,29)(H,25,26);1H. The van der Waals surface area contributed by atoms with Crippen molar-refractivity contribution in [2.45, 2.75) is 13.3 Å². The molecular formula is C23H32IN5O2. The van der Waals surface area contributed by atoms with E-state index in [4.69, 9.17) is 15.5 Å². The number of nitrogens with two attached hydrogens (primary N) is 1. The van der Waals surface area contributed by atoms with Crippen LogP contribution in [0.5, 0.6) is 5.75 Å². The molecule has 3 N–H and O–H groups in total. The number of aliphatic imine (C=N–C) groups is 1. The van der Waals surface area contributed by atoms with E-state index in [2.05, 4.69) is 52.4 Å². The lowest BCUT2D eigenvalue weighted by molar-refractivity contribution is -0.119. The quantitative estimate of drug-likeness (QED) is 0.307. The lowest BCUT2D eigenvalue weighted by atomic mass is 10.1. The molecule has 31 heavy (non-hydrogen) atoms. The fraction of sp³-hybridized carbons (Fsp3) is 0.391. The molecule has 1 aliphatic heterocycles. The van der Waals surface area contributed by atoms with Crippen LogP contribution in [0.15, 0.2) is 59.6 Å². The highest BCUT2D eigenvalue weighted by Gasteiger charge is 2.19. The number of benzene rings is 2. The molecular weight excluding hydrogens is 505 g/mol. The van der Waals surface area contributed by atoms with Crippen molar-refractivity contribution in [1.29, 1.82) is 0 Å². The lowest BCUT2D eigenvalue weighted by Gasteiger charge is -2.37. The van der Waals surface area contributed by atoms with E-state index in [9.17, 15) is 4.79 Å². The van der Waals surface area contributed by atoms with Gasteiger partial charge in [-0.3, -0.25) is 9.79 Å². The number of ether oxygens (including phenoxy) is 1. The van der Waals surface area contributed by atoms with Gasteiger partial charge in [-0.05, 0) is 43.2 Å². The number of amides is 1. The maximum absolute atomic E-state index is 10.8. The van der Waals surface area contributed by atoms with Gasteiger partial charge in [-0.1, -0.05) is 30.3 Å². The molecule has 1 saturated heterocycles. The lowest BCUT2D eigenvalue weighted by Crippen LogP contribution is -2.52. The highest BCUT2D eigenvalue weighted by Crippen LogP contribution is 2.16. The van der Waals surface area contributed by atoms with E-state index in [-0.39, 0.29) is 30.6 Å². The number of carbonyl (C=O) groups is 1. The summed E-state index contributed by atoms with van der Waals surface area (Å²) >= 11 is 0. The molecule has 0 radical (unpaired) electrons. The average Bonchev–Trinajstić information content (AvgIpc) is 2.79. The number of nitrogens with one attached hydrogen (secondary N) is 1. The van der Waals surface area contributed by atoms with E-state index in [1.54, 1.807) is 0 Å². The second-order valence-electron chi connectivity index (χ2n) is 7.19. The smallest absolute Gasteiger partial charge is 0.255 e. The van der Waals surface area contributed by atoms with Crippen LogP contribution in [0.4, 0.5) is 5.69 Å². The fourth-order valence-corrected chi connectivity index (χ4v) is 3.44. The molecule has 2 aromatic carbocycles. The van der Waals surface area contributed by atoms with Crippen molar-refractivity contribution in [3.63, 3.8) is 0 Å². The minimum Gasteiger partial charge on any atom is -0.484 e. The molecule has 7 nitrogen and oxygen atoms in total. The molecule has 0 atom stereocenters. The summed E-state index contributed by atoms with van der Waals surface area (Å²) in [6, 6.07) is 18.3. The fourth-order valence-electron chi connectivity index (χ4n) is 3.44. The Bertz CT molecular complexity index is 822. The number of guanidine groups is 1. The molecule has 168 valence electrons. The third kappa shape index (κ3) is 7.93. The molecule has 1 heterocycles. The first-order valence-corrected chi connectivity index (χ1v) is 10.5. The van der Waals surface area contributed by atoms with E-state index < -0.39 is 5.91 Å². The largest absolute Gasteiger partial charge is 0.484 e. The SMILES string of the molecule is CCNC(=NCCc1ccc(OCC(N)=O)cc1)N1CCN(c2ccccc2)CC1.I. The van der Waals surface area contributed by atoms with Crippen LogP contribution in [0.1, 0.15) is 12.5 Å². The van der Waals surface area contributed by atoms with Gasteiger partial charge in [0.2, 0.25) is 0 Å². The number of piperazine rings is 1. The first-order valence-electron chi connectivity index (χ1n) is 10.5. The summed E-state index contributed by atoms with van der Waals surface area (Å²) < 4.78 is 5.29. The van der Waals surface area contributed by atoms with Crippen molar-refractivity contribution >= 4 is 41.5 Å². The van der Waals surface area contributed by atoms with Gasteiger partial charge in [-0.2, -0.15) is 0 Å². The highest BCUT2D eigenvalue weighted by molar-refractivity contribution is 14.0. The van der Waals surface area contributed by atoms with Gasteiger partial charge >= 0.3 is 0 Å². The maximum atomic E-state index is 10.8. The zero-order chi connectivity index (χ0) is 21.2. The number of hydrogen-bond donors (Lipinski definition) is 2. The van der Waals surface area contributed by atoms with Crippen LogP contribution < -0.4 is 20.7 Å². The number of halogens is 1. The Morgan fingerprint density at radius 3 is 2.35 bits per heavy atom. The summed E-state index contributed by atoms with van der Waals surface area (Å²) in [7, 11) is 0. The van der Waals surface area contributed by atoms with Gasteiger partial charge in [-0.25, -0.2) is 0 Å². The zero-order valence-electron chi connectivity index (χ0n) is 18.0. The first kappa shape index (κ1) is 24.8. The van der Waals surface area contributed by atoms with Crippen LogP contribution in [0.25, 0.3) is 0 Å². The highest BCUT2D eigenvalue weighted by atomic mass is 127. The van der Waals surface area contributed by atoms with Crippen molar-refractivity contribution in [2.24, 2.45) is 10.7 Å². The summed E-state index contributed by atoms with van der Waals surface area (Å²) in [4.78, 5) is 20.4. The van der Waals surface area contributed by atoms with Gasteiger partial charge in [0.05, 0.1) is 0 Å². The number of para-hydroxylation sites is 1. The third-order valence-corrected chi connectivity index (χ3v) is 5.00. The molecule has 1 amide bonds. The van der Waals surface area contributed by atoms with Gasteiger partial charge in [-0.15, -0.1) is 24.0 Å². The topological polar surface area (TPSA) is 83.2 Å². The van der Waals surface area contributed by atoms with E-state index in [1.165, 1.54) is 11.3 Å². The van der Waals surface area contributed by atoms with Crippen molar-refractivity contribution in [3.05, 3.63) is 60.2 Å². The molecule has 0 saturated carbocycles. The Hall–Kier alpha value is -2.49. The minimum absolute atomic E-state index is 0. The van der Waals surface area contributed by atoms with E-state index in [1.807, 2.05) is 24.3 Å². The monoisotopic (exact) mass is 537 g/mol. The summed E-state index contributed by atoms with van der Waals surface area (Å²) in [5, 5.41) is 3.42. The van der Waals surface area contributed by atoms with Gasteiger partial charge in [0.25, 0.3) is 5.91 Å². The molecule has 1 aliphatic rings. The predicted molar refractivity (Wildman–Crippen MR) is 136 cm³/mol. The Morgan fingerprint density at radius 1 is 1.06 bits per heavy atom. The minimum atomic E-state index is -0.478. The van der Waals surface area contributed by atoms with Crippen LogP contribution in [-0.4, -0.2) is 62.6 Å². The van der Waals surface area contributed by atoms with Crippen molar-refractivity contribution in [1.82, 2.24) is 10.2 Å². The number of rotatable bonds is 8. The van der Waals surface area contributed by atoms with Crippen LogP contribution in [0, 0.1) is 0 Å². The van der Waals surface area contributed by atoms with Gasteiger partial charge in [0, 0.05) is 45.0 Å². The molecule has 0 spiro atoms. The number of hydrogen-bond acceptors (Lipinski definition) is 4. The molecule has 0 aliphatic carbocycles. The molecule has 0 aromatic heterocycles. The maximum Gasteiger partial charge on any atom is 0.255 e. The summed E-state index contributed by atoms with van der Waals surface area (Å²) in [6.45, 7) is 7.43. The molecule has 2 aromatic rings. The molecule has 0 unspecified atom stereocenters. The van der Waals surface area contributed by atoms with Gasteiger partial charge in [0.15, 0.2) is 12.6 Å². The number of nitrogens with zero attached hydrogens (tertiary/aromatic N) is 3. The van der Waals surface area contributed by atoms with Crippen LogP contribution in [-0.2, 0) is 11.2 Å². The van der Waals surface area contributed by atoms with Crippen molar-refractivity contribution in [3.8, 4) is 5.75 Å². The number of primary amides is 1. The Balaban J connectivity index is 0.00000341.